The fourth-order valence-electron chi connectivity index (χ4n) is 4.98. The van der Waals surface area contributed by atoms with E-state index in [1.54, 1.807) is 0 Å². The molecule has 1 unspecified atom stereocenters. The van der Waals surface area contributed by atoms with E-state index in [1.807, 2.05) is 18.2 Å². The Morgan fingerprint density at radius 3 is 2.13 bits per heavy atom. The standard InChI is InChI=1S/C25H33ClN2O.2ClH/c1-27-15-17-28(18-16-27)19-23(25(29)13-5-2-6-14-25)21-11-9-20(10-12-21)22-7-3-4-8-24(22)26;;/h3-4,7-12,23,29H,2,5-6,13-19H2,1H3;2*1H. The summed E-state index contributed by atoms with van der Waals surface area (Å²) in [6.45, 7) is 5.32. The van der Waals surface area contributed by atoms with Gasteiger partial charge in [-0.1, -0.05) is 73.3 Å². The highest BCUT2D eigenvalue weighted by Gasteiger charge is 2.39. The van der Waals surface area contributed by atoms with Gasteiger partial charge in [-0.25, -0.2) is 0 Å². The van der Waals surface area contributed by atoms with E-state index in [0.29, 0.717) is 0 Å². The Labute approximate surface area is 204 Å². The SMILES string of the molecule is CN1CCN(CC(c2ccc(-c3ccccc3Cl)cc2)C2(O)CCCCC2)CC1.Cl.Cl. The third-order valence-electron chi connectivity index (χ3n) is 6.90. The van der Waals surface area contributed by atoms with Gasteiger partial charge in [0.1, 0.15) is 0 Å². The lowest BCUT2D eigenvalue weighted by Crippen LogP contribution is -2.50. The van der Waals surface area contributed by atoms with Crippen molar-refractivity contribution in [2.45, 2.75) is 43.6 Å². The molecule has 31 heavy (non-hydrogen) atoms. The van der Waals surface area contributed by atoms with Gasteiger partial charge >= 0.3 is 0 Å². The highest BCUT2D eigenvalue weighted by molar-refractivity contribution is 6.33. The zero-order valence-corrected chi connectivity index (χ0v) is 20.7. The van der Waals surface area contributed by atoms with Gasteiger partial charge in [0.25, 0.3) is 0 Å². The summed E-state index contributed by atoms with van der Waals surface area (Å²) < 4.78 is 0. The molecule has 0 bridgehead atoms. The number of aliphatic hydroxyl groups is 1. The van der Waals surface area contributed by atoms with Crippen LogP contribution >= 0.6 is 36.4 Å². The van der Waals surface area contributed by atoms with E-state index in [1.165, 1.54) is 12.0 Å². The maximum Gasteiger partial charge on any atom is 0.0728 e. The predicted octanol–water partition coefficient (Wildman–Crippen LogP) is 5.88. The average molecular weight is 486 g/mol. The van der Waals surface area contributed by atoms with Crippen molar-refractivity contribution in [3.63, 3.8) is 0 Å². The summed E-state index contributed by atoms with van der Waals surface area (Å²) in [4.78, 5) is 4.93. The first kappa shape index (κ1) is 26.4. The monoisotopic (exact) mass is 484 g/mol. The Morgan fingerprint density at radius 2 is 1.52 bits per heavy atom. The van der Waals surface area contributed by atoms with Crippen LogP contribution in [-0.2, 0) is 0 Å². The van der Waals surface area contributed by atoms with Gasteiger partial charge in [-0.3, -0.25) is 0 Å². The lowest BCUT2D eigenvalue weighted by atomic mass is 9.72. The van der Waals surface area contributed by atoms with Gasteiger partial charge in [0.2, 0.25) is 0 Å². The van der Waals surface area contributed by atoms with Crippen LogP contribution in [0.4, 0.5) is 0 Å². The molecule has 2 aromatic rings. The van der Waals surface area contributed by atoms with Crippen LogP contribution in [0.1, 0.15) is 43.6 Å². The van der Waals surface area contributed by atoms with E-state index in [-0.39, 0.29) is 30.7 Å². The average Bonchev–Trinajstić information content (AvgIpc) is 2.74. The summed E-state index contributed by atoms with van der Waals surface area (Å²) >= 11 is 6.39. The number of piperazine rings is 1. The molecule has 172 valence electrons. The minimum absolute atomic E-state index is 0. The summed E-state index contributed by atoms with van der Waals surface area (Å²) in [6.07, 6.45) is 5.34. The topological polar surface area (TPSA) is 26.7 Å². The number of rotatable bonds is 5. The van der Waals surface area contributed by atoms with Gasteiger partial charge in [-0.05, 0) is 37.1 Å². The lowest BCUT2D eigenvalue weighted by molar-refractivity contribution is -0.0337. The van der Waals surface area contributed by atoms with Crippen molar-refractivity contribution in [2.24, 2.45) is 0 Å². The first-order chi connectivity index (χ1) is 14.0. The van der Waals surface area contributed by atoms with Crippen LogP contribution in [0.3, 0.4) is 0 Å². The van der Waals surface area contributed by atoms with Crippen molar-refractivity contribution < 1.29 is 5.11 Å². The molecule has 2 fully saturated rings. The highest BCUT2D eigenvalue weighted by atomic mass is 35.5. The van der Waals surface area contributed by atoms with Crippen LogP contribution in [0.25, 0.3) is 11.1 Å². The van der Waals surface area contributed by atoms with Gasteiger partial charge in [0.05, 0.1) is 5.60 Å². The Kier molecular flexibility index (Phi) is 10.1. The summed E-state index contributed by atoms with van der Waals surface area (Å²) in [7, 11) is 2.19. The van der Waals surface area contributed by atoms with Crippen LogP contribution in [0, 0.1) is 0 Å². The molecular formula is C25H35Cl3N2O. The second-order valence-corrected chi connectivity index (χ2v) is 9.33. The van der Waals surface area contributed by atoms with E-state index in [4.69, 9.17) is 11.6 Å². The van der Waals surface area contributed by atoms with Crippen LogP contribution < -0.4 is 0 Å². The van der Waals surface area contributed by atoms with E-state index in [9.17, 15) is 5.11 Å². The zero-order chi connectivity index (χ0) is 20.3. The van der Waals surface area contributed by atoms with Crippen LogP contribution in [-0.4, -0.2) is 60.3 Å². The number of likely N-dealkylation sites (N-methyl/N-ethyl adjacent to an activating group) is 1. The second kappa shape index (κ2) is 11.9. The van der Waals surface area contributed by atoms with Gasteiger partial charge in [0.15, 0.2) is 0 Å². The Balaban J connectivity index is 0.00000171. The molecule has 0 spiro atoms. The minimum atomic E-state index is -0.590. The molecule has 2 aromatic carbocycles. The molecule has 1 heterocycles. The number of benzene rings is 2. The first-order valence-corrected chi connectivity index (χ1v) is 11.4. The molecule has 1 atom stereocenters. The van der Waals surface area contributed by atoms with Crippen molar-refractivity contribution in [3.8, 4) is 11.1 Å². The first-order valence-electron chi connectivity index (χ1n) is 11.0. The molecule has 1 saturated heterocycles. The molecule has 0 aromatic heterocycles. The van der Waals surface area contributed by atoms with Crippen LogP contribution in [0.15, 0.2) is 48.5 Å². The molecule has 1 aliphatic carbocycles. The number of halogens is 3. The van der Waals surface area contributed by atoms with Crippen molar-refractivity contribution in [3.05, 3.63) is 59.1 Å². The molecule has 3 nitrogen and oxygen atoms in total. The molecule has 4 rings (SSSR count). The third kappa shape index (κ3) is 6.37. The fraction of sp³-hybridized carbons (Fsp3) is 0.520. The molecule has 1 N–H and O–H groups in total. The quantitative estimate of drug-likeness (QED) is 0.573. The van der Waals surface area contributed by atoms with Gasteiger partial charge in [0, 0.05) is 49.2 Å². The zero-order valence-electron chi connectivity index (χ0n) is 18.3. The molecule has 0 amide bonds. The minimum Gasteiger partial charge on any atom is -0.389 e. The Bertz CT molecular complexity index is 801. The molecular weight excluding hydrogens is 451 g/mol. The summed E-state index contributed by atoms with van der Waals surface area (Å²) in [6, 6.07) is 16.7. The second-order valence-electron chi connectivity index (χ2n) is 8.92. The van der Waals surface area contributed by atoms with Crippen LogP contribution in [0.5, 0.6) is 0 Å². The van der Waals surface area contributed by atoms with Crippen LogP contribution in [0.2, 0.25) is 5.02 Å². The summed E-state index contributed by atoms with van der Waals surface area (Å²) in [5.41, 5.74) is 2.86. The Hall–Kier alpha value is -0.810. The molecule has 0 radical (unpaired) electrons. The van der Waals surface area contributed by atoms with Crippen molar-refractivity contribution in [1.29, 1.82) is 0 Å². The molecule has 2 aliphatic rings. The fourth-order valence-corrected chi connectivity index (χ4v) is 5.22. The maximum atomic E-state index is 11.6. The number of nitrogens with zero attached hydrogens (tertiary/aromatic N) is 2. The predicted molar refractivity (Wildman–Crippen MR) is 136 cm³/mol. The largest absolute Gasteiger partial charge is 0.389 e. The smallest absolute Gasteiger partial charge is 0.0728 e. The molecule has 1 saturated carbocycles. The lowest BCUT2D eigenvalue weighted by Gasteiger charge is -2.43. The Morgan fingerprint density at radius 1 is 0.903 bits per heavy atom. The van der Waals surface area contributed by atoms with E-state index >= 15 is 0 Å². The molecule has 1 aliphatic heterocycles. The van der Waals surface area contributed by atoms with Gasteiger partial charge in [-0.2, -0.15) is 0 Å². The van der Waals surface area contributed by atoms with Crippen molar-refractivity contribution in [2.75, 3.05) is 39.8 Å². The normalized spacial score (nSPS) is 20.4. The number of hydrogen-bond donors (Lipinski definition) is 1. The van der Waals surface area contributed by atoms with E-state index in [0.717, 1.165) is 74.6 Å². The maximum absolute atomic E-state index is 11.6. The third-order valence-corrected chi connectivity index (χ3v) is 7.23. The summed E-state index contributed by atoms with van der Waals surface area (Å²) in [5.74, 6) is 0.159. The van der Waals surface area contributed by atoms with Crippen molar-refractivity contribution >= 4 is 36.4 Å². The summed E-state index contributed by atoms with van der Waals surface area (Å²) in [5, 5.41) is 12.4. The van der Waals surface area contributed by atoms with E-state index < -0.39 is 5.60 Å². The van der Waals surface area contributed by atoms with E-state index in [2.05, 4.69) is 47.2 Å². The molecule has 6 heteroatoms. The van der Waals surface area contributed by atoms with Gasteiger partial charge in [-0.15, -0.1) is 24.8 Å². The number of hydrogen-bond acceptors (Lipinski definition) is 3. The van der Waals surface area contributed by atoms with Crippen molar-refractivity contribution in [1.82, 2.24) is 9.80 Å². The highest BCUT2D eigenvalue weighted by Crippen LogP contribution is 2.41. The van der Waals surface area contributed by atoms with Gasteiger partial charge < -0.3 is 14.9 Å².